The van der Waals surface area contributed by atoms with Crippen LogP contribution >= 0.6 is 0 Å². The van der Waals surface area contributed by atoms with Crippen molar-refractivity contribution >= 4 is 11.9 Å². The number of carbonyl (C=O) groups is 2. The van der Waals surface area contributed by atoms with Crippen LogP contribution in [0.15, 0.2) is 6.07 Å². The van der Waals surface area contributed by atoms with Crippen molar-refractivity contribution in [3.05, 3.63) is 23.1 Å². The minimum atomic E-state index is -0.885. The van der Waals surface area contributed by atoms with Crippen molar-refractivity contribution in [2.75, 3.05) is 0 Å². The number of aliphatic carboxylic acids is 1. The van der Waals surface area contributed by atoms with Crippen molar-refractivity contribution in [3.63, 3.8) is 0 Å². The molecule has 0 spiro atoms. The summed E-state index contributed by atoms with van der Waals surface area (Å²) in [6.07, 6.45) is 0.339. The average Bonchev–Trinajstić information content (AvgIpc) is 3.02. The van der Waals surface area contributed by atoms with Crippen LogP contribution in [0.2, 0.25) is 0 Å². The smallest absolute Gasteiger partial charge is 0.303 e. The van der Waals surface area contributed by atoms with E-state index in [0.29, 0.717) is 17.8 Å². The van der Waals surface area contributed by atoms with Crippen LogP contribution in [0.1, 0.15) is 48.6 Å². The summed E-state index contributed by atoms with van der Waals surface area (Å²) in [5.41, 5.74) is 3.07. The highest BCUT2D eigenvalue weighted by Crippen LogP contribution is 2.25. The molecule has 2 aromatic heterocycles. The molecule has 2 heterocycles. The van der Waals surface area contributed by atoms with E-state index < -0.39 is 11.5 Å². The minimum absolute atomic E-state index is 0.00438. The van der Waals surface area contributed by atoms with Gasteiger partial charge in [-0.15, -0.1) is 0 Å². The quantitative estimate of drug-likeness (QED) is 0.746. The maximum Gasteiger partial charge on any atom is 0.303 e. The highest BCUT2D eigenvalue weighted by molar-refractivity contribution is 5.94. The summed E-state index contributed by atoms with van der Waals surface area (Å²) in [6.45, 7) is 7.42. The van der Waals surface area contributed by atoms with Crippen LogP contribution in [0.4, 0.5) is 0 Å². The van der Waals surface area contributed by atoms with E-state index in [4.69, 9.17) is 5.11 Å². The van der Waals surface area contributed by atoms with E-state index in [2.05, 4.69) is 20.6 Å². The Hall–Kier alpha value is -2.64. The van der Waals surface area contributed by atoms with Crippen molar-refractivity contribution in [2.45, 2.75) is 46.1 Å². The summed E-state index contributed by atoms with van der Waals surface area (Å²) < 4.78 is 1.77. The highest BCUT2D eigenvalue weighted by atomic mass is 16.4. The second kappa shape index (κ2) is 6.46. The van der Waals surface area contributed by atoms with Gasteiger partial charge in [-0.1, -0.05) is 0 Å². The van der Waals surface area contributed by atoms with Crippen LogP contribution in [-0.4, -0.2) is 42.5 Å². The number of hydrogen-bond donors (Lipinski definition) is 3. The first kappa shape index (κ1) is 17.7. The lowest BCUT2D eigenvalue weighted by Crippen LogP contribution is -2.43. The number of aromatic nitrogens is 4. The molecule has 0 saturated carbocycles. The maximum absolute atomic E-state index is 12.4. The van der Waals surface area contributed by atoms with E-state index in [9.17, 15) is 9.59 Å². The fraction of sp³-hybridized carbons (Fsp3) is 0.500. The van der Waals surface area contributed by atoms with Crippen LogP contribution in [-0.2, 0) is 11.8 Å². The Morgan fingerprint density at radius 2 is 2.04 bits per heavy atom. The number of carboxylic acid groups (broad SMARTS) is 1. The van der Waals surface area contributed by atoms with E-state index in [1.54, 1.807) is 24.6 Å². The zero-order valence-electron chi connectivity index (χ0n) is 14.6. The second-order valence-corrected chi connectivity index (χ2v) is 6.57. The first-order chi connectivity index (χ1) is 11.1. The number of amides is 1. The van der Waals surface area contributed by atoms with E-state index in [1.165, 1.54) is 0 Å². The van der Waals surface area contributed by atoms with Gasteiger partial charge in [0.25, 0.3) is 5.91 Å². The molecular weight excluding hydrogens is 310 g/mol. The predicted molar refractivity (Wildman–Crippen MR) is 88.7 cm³/mol. The SMILES string of the molecule is Cc1nn(C)c(C)c1-c1cc(C(=O)NC(C)(C)CCC(=O)O)[nH]n1. The molecule has 0 aromatic carbocycles. The van der Waals surface area contributed by atoms with Crippen molar-refractivity contribution in [1.82, 2.24) is 25.3 Å². The molecule has 0 bridgehead atoms. The molecule has 0 unspecified atom stereocenters. The number of nitrogens with zero attached hydrogens (tertiary/aromatic N) is 3. The molecule has 0 radical (unpaired) electrons. The van der Waals surface area contributed by atoms with Gasteiger partial charge in [0.1, 0.15) is 5.69 Å². The molecule has 0 aliphatic carbocycles. The Kier molecular flexibility index (Phi) is 4.77. The molecule has 0 saturated heterocycles. The molecule has 8 nitrogen and oxygen atoms in total. The van der Waals surface area contributed by atoms with E-state index in [0.717, 1.165) is 17.0 Å². The number of nitrogens with one attached hydrogen (secondary N) is 2. The normalized spacial score (nSPS) is 11.5. The lowest BCUT2D eigenvalue weighted by atomic mass is 9.98. The molecule has 24 heavy (non-hydrogen) atoms. The first-order valence-electron chi connectivity index (χ1n) is 7.71. The Balaban J connectivity index is 2.15. The molecule has 0 aliphatic rings. The summed E-state index contributed by atoms with van der Waals surface area (Å²) >= 11 is 0. The molecular formula is C16H23N5O3. The summed E-state index contributed by atoms with van der Waals surface area (Å²) in [5, 5.41) is 22.9. The standard InChI is InChI=1S/C16H23N5O3/c1-9-14(10(2)21(5)20-9)11-8-12(19-18-11)15(24)17-16(3,4)7-6-13(22)23/h8H,6-7H2,1-5H3,(H,17,24)(H,18,19)(H,22,23). The van der Waals surface area contributed by atoms with Gasteiger partial charge >= 0.3 is 5.97 Å². The average molecular weight is 333 g/mol. The van der Waals surface area contributed by atoms with Crippen molar-refractivity contribution < 1.29 is 14.7 Å². The number of carbonyl (C=O) groups excluding carboxylic acids is 1. The minimum Gasteiger partial charge on any atom is -0.481 e. The summed E-state index contributed by atoms with van der Waals surface area (Å²) in [7, 11) is 1.86. The van der Waals surface area contributed by atoms with Crippen molar-refractivity contribution in [1.29, 1.82) is 0 Å². The third-order valence-electron chi connectivity index (χ3n) is 4.00. The van der Waals surface area contributed by atoms with Crippen LogP contribution in [0, 0.1) is 13.8 Å². The monoisotopic (exact) mass is 333 g/mol. The number of H-pyrrole nitrogens is 1. The van der Waals surface area contributed by atoms with Gasteiger partial charge in [0.2, 0.25) is 0 Å². The largest absolute Gasteiger partial charge is 0.481 e. The highest BCUT2D eigenvalue weighted by Gasteiger charge is 2.24. The molecule has 2 aromatic rings. The van der Waals surface area contributed by atoms with Gasteiger partial charge in [-0.25, -0.2) is 0 Å². The van der Waals surface area contributed by atoms with Gasteiger partial charge in [0, 0.05) is 30.3 Å². The lowest BCUT2D eigenvalue weighted by Gasteiger charge is -2.25. The third-order valence-corrected chi connectivity index (χ3v) is 4.00. The van der Waals surface area contributed by atoms with Crippen LogP contribution in [0.3, 0.4) is 0 Å². The lowest BCUT2D eigenvalue weighted by molar-refractivity contribution is -0.137. The fourth-order valence-electron chi connectivity index (χ4n) is 2.57. The van der Waals surface area contributed by atoms with Gasteiger partial charge in [-0.3, -0.25) is 19.4 Å². The van der Waals surface area contributed by atoms with Crippen LogP contribution in [0.25, 0.3) is 11.3 Å². The summed E-state index contributed by atoms with van der Waals surface area (Å²) in [6, 6.07) is 1.68. The van der Waals surface area contributed by atoms with Gasteiger partial charge in [-0.05, 0) is 40.2 Å². The molecule has 0 atom stereocenters. The van der Waals surface area contributed by atoms with Gasteiger partial charge < -0.3 is 10.4 Å². The maximum atomic E-state index is 12.4. The second-order valence-electron chi connectivity index (χ2n) is 6.57. The molecule has 1 amide bonds. The van der Waals surface area contributed by atoms with Crippen LogP contribution < -0.4 is 5.32 Å². The summed E-state index contributed by atoms with van der Waals surface area (Å²) in [5.74, 6) is -1.20. The van der Waals surface area contributed by atoms with E-state index in [1.807, 2.05) is 20.9 Å². The summed E-state index contributed by atoms with van der Waals surface area (Å²) in [4.78, 5) is 23.1. The predicted octanol–water partition coefficient (Wildman–Crippen LogP) is 1.80. The number of hydrogen-bond acceptors (Lipinski definition) is 4. The van der Waals surface area contributed by atoms with E-state index in [-0.39, 0.29) is 12.3 Å². The number of carboxylic acids is 1. The fourth-order valence-corrected chi connectivity index (χ4v) is 2.57. The topological polar surface area (TPSA) is 113 Å². The number of aryl methyl sites for hydroxylation is 2. The van der Waals surface area contributed by atoms with Gasteiger partial charge in [0.05, 0.1) is 11.4 Å². The molecule has 2 rings (SSSR count). The van der Waals surface area contributed by atoms with Crippen molar-refractivity contribution in [3.8, 4) is 11.3 Å². The van der Waals surface area contributed by atoms with Crippen molar-refractivity contribution in [2.24, 2.45) is 7.05 Å². The number of aromatic amines is 1. The zero-order chi connectivity index (χ0) is 18.1. The Morgan fingerprint density at radius 3 is 2.58 bits per heavy atom. The molecule has 0 fully saturated rings. The number of rotatable bonds is 6. The van der Waals surface area contributed by atoms with Gasteiger partial charge in [-0.2, -0.15) is 10.2 Å². The third kappa shape index (κ3) is 3.81. The molecule has 3 N–H and O–H groups in total. The first-order valence-corrected chi connectivity index (χ1v) is 7.71. The zero-order valence-corrected chi connectivity index (χ0v) is 14.6. The Morgan fingerprint density at radius 1 is 1.38 bits per heavy atom. The van der Waals surface area contributed by atoms with Gasteiger partial charge in [0.15, 0.2) is 0 Å². The van der Waals surface area contributed by atoms with Crippen LogP contribution in [0.5, 0.6) is 0 Å². The Labute approximate surface area is 140 Å². The molecule has 0 aliphatic heterocycles. The Bertz CT molecular complexity index is 773. The molecule has 130 valence electrons. The molecule has 8 heteroatoms. The van der Waals surface area contributed by atoms with E-state index >= 15 is 0 Å².